The van der Waals surface area contributed by atoms with E-state index < -0.39 is 0 Å². The molecule has 0 aliphatic carbocycles. The van der Waals surface area contributed by atoms with Crippen molar-refractivity contribution < 1.29 is 4.79 Å². The number of hydrogen-bond acceptors (Lipinski definition) is 2. The maximum absolute atomic E-state index is 13.0. The highest BCUT2D eigenvalue weighted by molar-refractivity contribution is 9.10. The fraction of sp³-hybridized carbons (Fsp3) is 0.238. The van der Waals surface area contributed by atoms with Gasteiger partial charge in [0.2, 0.25) is 5.43 Å². The summed E-state index contributed by atoms with van der Waals surface area (Å²) in [6, 6.07) is 9.91. The normalized spacial score (nSPS) is 15.5. The van der Waals surface area contributed by atoms with Crippen molar-refractivity contribution in [1.82, 2.24) is 4.57 Å². The molecule has 0 saturated heterocycles. The van der Waals surface area contributed by atoms with Gasteiger partial charge in [0.15, 0.2) is 0 Å². The van der Waals surface area contributed by atoms with Gasteiger partial charge in [0, 0.05) is 27.8 Å². The summed E-state index contributed by atoms with van der Waals surface area (Å²) in [5.74, 6) is -0.367. The molecule has 1 aromatic heterocycles. The first kappa shape index (κ1) is 17.0. The lowest BCUT2D eigenvalue weighted by Crippen LogP contribution is -2.24. The van der Waals surface area contributed by atoms with Gasteiger partial charge in [0.25, 0.3) is 5.91 Å². The van der Waals surface area contributed by atoms with Crippen LogP contribution in [0.3, 0.4) is 0 Å². The van der Waals surface area contributed by atoms with Crippen LogP contribution in [-0.2, 0) is 6.42 Å². The number of benzene rings is 2. The van der Waals surface area contributed by atoms with Crippen molar-refractivity contribution in [3.05, 3.63) is 73.5 Å². The van der Waals surface area contributed by atoms with Crippen molar-refractivity contribution in [2.24, 2.45) is 0 Å². The molecule has 1 aliphatic heterocycles. The third-order valence-electron chi connectivity index (χ3n) is 5.03. The molecule has 132 valence electrons. The quantitative estimate of drug-likeness (QED) is 0.662. The van der Waals surface area contributed by atoms with Gasteiger partial charge < -0.3 is 9.88 Å². The van der Waals surface area contributed by atoms with Crippen molar-refractivity contribution in [1.29, 1.82) is 0 Å². The summed E-state index contributed by atoms with van der Waals surface area (Å²) < 4.78 is 2.92. The fourth-order valence-electron chi connectivity index (χ4n) is 3.77. The first-order chi connectivity index (χ1) is 12.3. The van der Waals surface area contributed by atoms with Crippen molar-refractivity contribution in [3.63, 3.8) is 0 Å². The van der Waals surface area contributed by atoms with Gasteiger partial charge in [0.1, 0.15) is 5.56 Å². The second-order valence-electron chi connectivity index (χ2n) is 7.07. The largest absolute Gasteiger partial charge is 0.343 e. The highest BCUT2D eigenvalue weighted by atomic mass is 79.9. The number of nitrogens with one attached hydrogen (secondary N) is 1. The van der Waals surface area contributed by atoms with Crippen LogP contribution in [0.2, 0.25) is 0 Å². The zero-order valence-corrected chi connectivity index (χ0v) is 16.5. The van der Waals surface area contributed by atoms with Crippen molar-refractivity contribution in [2.75, 3.05) is 5.32 Å². The summed E-state index contributed by atoms with van der Waals surface area (Å²) in [4.78, 5) is 25.9. The molecular weight excluding hydrogens is 392 g/mol. The molecule has 26 heavy (non-hydrogen) atoms. The van der Waals surface area contributed by atoms with Crippen LogP contribution in [0.5, 0.6) is 0 Å². The van der Waals surface area contributed by atoms with E-state index in [1.807, 2.05) is 38.1 Å². The molecule has 2 aromatic carbocycles. The van der Waals surface area contributed by atoms with Crippen LogP contribution in [0.1, 0.15) is 40.0 Å². The topological polar surface area (TPSA) is 51.1 Å². The molecule has 1 N–H and O–H groups in total. The average molecular weight is 411 g/mol. The van der Waals surface area contributed by atoms with Gasteiger partial charge in [-0.15, -0.1) is 0 Å². The minimum Gasteiger partial charge on any atom is -0.343 e. The Kier molecular flexibility index (Phi) is 3.99. The smallest absolute Gasteiger partial charge is 0.261 e. The molecule has 1 amide bonds. The first-order valence-electron chi connectivity index (χ1n) is 8.61. The molecule has 0 saturated carbocycles. The van der Waals surface area contributed by atoms with Crippen molar-refractivity contribution in [3.8, 4) is 0 Å². The van der Waals surface area contributed by atoms with Gasteiger partial charge >= 0.3 is 0 Å². The summed E-state index contributed by atoms with van der Waals surface area (Å²) >= 11 is 3.48. The van der Waals surface area contributed by atoms with E-state index in [0.717, 1.165) is 38.8 Å². The second-order valence-corrected chi connectivity index (χ2v) is 7.98. The van der Waals surface area contributed by atoms with E-state index in [4.69, 9.17) is 0 Å². The number of nitrogens with zero attached hydrogens (tertiary/aromatic N) is 1. The molecule has 0 unspecified atom stereocenters. The molecule has 4 nitrogen and oxygen atoms in total. The molecule has 1 aliphatic rings. The Hall–Kier alpha value is -2.40. The predicted molar refractivity (Wildman–Crippen MR) is 108 cm³/mol. The van der Waals surface area contributed by atoms with Gasteiger partial charge in [-0.2, -0.15) is 0 Å². The molecule has 0 bridgehead atoms. The van der Waals surface area contributed by atoms with Crippen LogP contribution >= 0.6 is 15.9 Å². The Morgan fingerprint density at radius 2 is 2.00 bits per heavy atom. The number of amides is 1. The molecule has 0 fully saturated rings. The van der Waals surface area contributed by atoms with Crippen LogP contribution < -0.4 is 10.7 Å². The first-order valence-corrected chi connectivity index (χ1v) is 9.40. The monoisotopic (exact) mass is 410 g/mol. The molecule has 0 radical (unpaired) electrons. The van der Waals surface area contributed by atoms with Gasteiger partial charge in [-0.05, 0) is 56.5 Å². The van der Waals surface area contributed by atoms with E-state index in [2.05, 4.69) is 38.8 Å². The summed E-state index contributed by atoms with van der Waals surface area (Å²) in [6.07, 6.45) is 2.57. The maximum Gasteiger partial charge on any atom is 0.261 e. The lowest BCUT2D eigenvalue weighted by Gasteiger charge is -2.14. The van der Waals surface area contributed by atoms with Crippen LogP contribution in [0.4, 0.5) is 5.69 Å². The number of rotatable bonds is 2. The number of carbonyl (C=O) groups is 1. The number of aryl methyl sites for hydroxylation is 2. The zero-order valence-electron chi connectivity index (χ0n) is 14.9. The maximum atomic E-state index is 13.0. The Labute approximate surface area is 160 Å². The standard InChI is InChI=1S/C21H19BrN2O2/c1-11-4-5-18(12(2)6-11)23-21(26)17-10-24-13(3)7-14-8-15(22)9-16(19(14)24)20(17)25/h4-6,8-10,13H,7H2,1-3H3,(H,23,26)/t13-/m0/s1. The summed E-state index contributed by atoms with van der Waals surface area (Å²) in [7, 11) is 0. The third-order valence-corrected chi connectivity index (χ3v) is 5.49. The number of carbonyl (C=O) groups excluding carboxylic acids is 1. The van der Waals surface area contributed by atoms with Crippen LogP contribution in [0, 0.1) is 13.8 Å². The SMILES string of the molecule is Cc1ccc(NC(=O)c2cn3c4c(cc(Br)cc4c2=O)C[C@@H]3C)c(C)c1. The van der Waals surface area contributed by atoms with Crippen LogP contribution in [-0.4, -0.2) is 10.5 Å². The van der Waals surface area contributed by atoms with Crippen molar-refractivity contribution in [2.45, 2.75) is 33.2 Å². The summed E-state index contributed by atoms with van der Waals surface area (Å²) in [5.41, 5.74) is 4.86. The number of anilines is 1. The highest BCUT2D eigenvalue weighted by Crippen LogP contribution is 2.33. The van der Waals surface area contributed by atoms with Crippen LogP contribution in [0.25, 0.3) is 10.9 Å². The fourth-order valence-corrected chi connectivity index (χ4v) is 4.27. The summed E-state index contributed by atoms with van der Waals surface area (Å²) in [6.45, 7) is 6.05. The lowest BCUT2D eigenvalue weighted by atomic mass is 10.1. The number of pyridine rings is 1. The predicted octanol–water partition coefficient (Wildman–Crippen LogP) is 4.75. The molecule has 1 atom stereocenters. The van der Waals surface area contributed by atoms with Crippen LogP contribution in [0.15, 0.2) is 45.8 Å². The Morgan fingerprint density at radius 3 is 2.73 bits per heavy atom. The third kappa shape index (κ3) is 2.67. The van der Waals surface area contributed by atoms with Gasteiger partial charge in [-0.3, -0.25) is 9.59 Å². The van der Waals surface area contributed by atoms with E-state index in [1.165, 1.54) is 0 Å². The molecule has 5 heteroatoms. The average Bonchev–Trinajstić information content (AvgIpc) is 2.88. The Balaban J connectivity index is 1.84. The van der Waals surface area contributed by atoms with Gasteiger partial charge in [-0.25, -0.2) is 0 Å². The number of hydrogen-bond donors (Lipinski definition) is 1. The molecule has 4 rings (SSSR count). The van der Waals surface area contributed by atoms with E-state index in [-0.39, 0.29) is 22.9 Å². The number of halogens is 1. The Bertz CT molecular complexity index is 1130. The van der Waals surface area contributed by atoms with Gasteiger partial charge in [-0.1, -0.05) is 33.6 Å². The highest BCUT2D eigenvalue weighted by Gasteiger charge is 2.25. The molecule has 3 aromatic rings. The second kappa shape index (κ2) is 6.09. The van der Waals surface area contributed by atoms with E-state index in [0.29, 0.717) is 5.39 Å². The van der Waals surface area contributed by atoms with Gasteiger partial charge in [0.05, 0.1) is 5.52 Å². The summed E-state index contributed by atoms with van der Waals surface area (Å²) in [5, 5.41) is 3.48. The van der Waals surface area contributed by atoms with E-state index in [1.54, 1.807) is 6.20 Å². The minimum atomic E-state index is -0.367. The molecule has 2 heterocycles. The van der Waals surface area contributed by atoms with E-state index >= 15 is 0 Å². The zero-order chi connectivity index (χ0) is 18.6. The molecular formula is C21H19BrN2O2. The van der Waals surface area contributed by atoms with Crippen molar-refractivity contribution >= 4 is 38.4 Å². The Morgan fingerprint density at radius 1 is 1.23 bits per heavy atom. The lowest BCUT2D eigenvalue weighted by molar-refractivity contribution is 0.102. The molecule has 0 spiro atoms. The minimum absolute atomic E-state index is 0.176. The van der Waals surface area contributed by atoms with E-state index in [9.17, 15) is 9.59 Å². The number of aromatic nitrogens is 1.